The van der Waals surface area contributed by atoms with Crippen molar-refractivity contribution in [1.82, 2.24) is 19.7 Å². The Bertz CT molecular complexity index is 354. The highest BCUT2D eigenvalue weighted by Gasteiger charge is 2.24. The molecule has 0 aromatic carbocycles. The van der Waals surface area contributed by atoms with Crippen LogP contribution in [0.2, 0.25) is 0 Å². The number of aryl methyl sites for hydroxylation is 1. The van der Waals surface area contributed by atoms with Crippen LogP contribution in [0, 0.1) is 0 Å². The molecule has 0 atom stereocenters. The molecule has 1 aromatic heterocycles. The fourth-order valence-electron chi connectivity index (χ4n) is 2.78. The van der Waals surface area contributed by atoms with Gasteiger partial charge in [-0.3, -0.25) is 4.90 Å². The highest BCUT2D eigenvalue weighted by atomic mass is 15.3. The van der Waals surface area contributed by atoms with E-state index in [4.69, 9.17) is 5.73 Å². The van der Waals surface area contributed by atoms with E-state index in [0.717, 1.165) is 31.8 Å². The lowest BCUT2D eigenvalue weighted by Gasteiger charge is -2.35. The normalized spacial score (nSPS) is 24.7. The van der Waals surface area contributed by atoms with Crippen molar-refractivity contribution in [3.63, 3.8) is 0 Å². The third kappa shape index (κ3) is 3.29. The van der Waals surface area contributed by atoms with E-state index >= 15 is 0 Å². The van der Waals surface area contributed by atoms with Crippen molar-refractivity contribution in [3.8, 4) is 0 Å². The van der Waals surface area contributed by atoms with Gasteiger partial charge >= 0.3 is 0 Å². The summed E-state index contributed by atoms with van der Waals surface area (Å²) in [5, 5.41) is 8.15. The molecule has 1 fully saturated rings. The van der Waals surface area contributed by atoms with Gasteiger partial charge in [-0.2, -0.15) is 0 Å². The highest BCUT2D eigenvalue weighted by molar-refractivity contribution is 4.88. The van der Waals surface area contributed by atoms with E-state index in [9.17, 15) is 0 Å². The number of nitrogens with two attached hydrogens (primary N) is 1. The molecule has 1 heterocycles. The van der Waals surface area contributed by atoms with Crippen molar-refractivity contribution in [2.24, 2.45) is 12.8 Å². The molecule has 0 aliphatic heterocycles. The van der Waals surface area contributed by atoms with Crippen LogP contribution in [0.1, 0.15) is 44.9 Å². The van der Waals surface area contributed by atoms with Crippen molar-refractivity contribution in [2.75, 3.05) is 6.54 Å². The first-order valence-corrected chi connectivity index (χ1v) is 7.03. The van der Waals surface area contributed by atoms with Crippen molar-refractivity contribution in [2.45, 2.75) is 57.7 Å². The number of hydrogen-bond donors (Lipinski definition) is 1. The SMILES string of the molecule is CCCN(Cc1nncn1C)C1CCC(N)CC1. The second kappa shape index (κ2) is 6.29. The third-order valence-electron chi connectivity index (χ3n) is 3.92. The van der Waals surface area contributed by atoms with E-state index in [2.05, 4.69) is 22.0 Å². The van der Waals surface area contributed by atoms with E-state index in [1.807, 2.05) is 11.6 Å². The summed E-state index contributed by atoms with van der Waals surface area (Å²) in [6.07, 6.45) is 7.71. The summed E-state index contributed by atoms with van der Waals surface area (Å²) in [7, 11) is 2.01. The Morgan fingerprint density at radius 3 is 2.67 bits per heavy atom. The molecule has 0 amide bonds. The summed E-state index contributed by atoms with van der Waals surface area (Å²) in [6, 6.07) is 1.08. The first-order valence-electron chi connectivity index (χ1n) is 7.03. The average Bonchev–Trinajstić information content (AvgIpc) is 2.76. The topological polar surface area (TPSA) is 60.0 Å². The minimum atomic E-state index is 0.416. The van der Waals surface area contributed by atoms with Gasteiger partial charge in [-0.05, 0) is 38.6 Å². The highest BCUT2D eigenvalue weighted by Crippen LogP contribution is 2.23. The minimum Gasteiger partial charge on any atom is -0.328 e. The van der Waals surface area contributed by atoms with Gasteiger partial charge in [0.25, 0.3) is 0 Å². The molecule has 1 aromatic rings. The van der Waals surface area contributed by atoms with Crippen molar-refractivity contribution in [3.05, 3.63) is 12.2 Å². The standard InChI is InChI=1S/C13H25N5/c1-3-8-18(9-13-16-15-10-17(13)2)12-6-4-11(14)5-7-12/h10-12H,3-9,14H2,1-2H3. The summed E-state index contributed by atoms with van der Waals surface area (Å²) >= 11 is 0. The Balaban J connectivity index is 1.97. The third-order valence-corrected chi connectivity index (χ3v) is 3.92. The number of rotatable bonds is 5. The Morgan fingerprint density at radius 1 is 1.39 bits per heavy atom. The summed E-state index contributed by atoms with van der Waals surface area (Å²) in [4.78, 5) is 2.55. The van der Waals surface area contributed by atoms with E-state index in [1.165, 1.54) is 19.3 Å². The van der Waals surface area contributed by atoms with Crippen LogP contribution in [0.4, 0.5) is 0 Å². The van der Waals surface area contributed by atoms with Gasteiger partial charge in [-0.1, -0.05) is 6.92 Å². The van der Waals surface area contributed by atoms with E-state index in [0.29, 0.717) is 12.1 Å². The van der Waals surface area contributed by atoms with Gasteiger partial charge in [-0.25, -0.2) is 0 Å². The molecule has 5 heteroatoms. The van der Waals surface area contributed by atoms with Gasteiger partial charge < -0.3 is 10.3 Å². The van der Waals surface area contributed by atoms with Crippen LogP contribution in [0.15, 0.2) is 6.33 Å². The van der Waals surface area contributed by atoms with Gasteiger partial charge in [0.1, 0.15) is 12.2 Å². The van der Waals surface area contributed by atoms with Gasteiger partial charge in [0, 0.05) is 19.1 Å². The smallest absolute Gasteiger partial charge is 0.146 e. The van der Waals surface area contributed by atoms with Crippen molar-refractivity contribution < 1.29 is 0 Å². The van der Waals surface area contributed by atoms with Crippen LogP contribution in [-0.4, -0.2) is 38.3 Å². The molecule has 1 aliphatic carbocycles. The molecule has 102 valence electrons. The monoisotopic (exact) mass is 251 g/mol. The van der Waals surface area contributed by atoms with Gasteiger partial charge in [0.15, 0.2) is 0 Å². The Labute approximate surface area is 109 Å². The zero-order valence-electron chi connectivity index (χ0n) is 11.5. The van der Waals surface area contributed by atoms with Crippen LogP contribution in [0.5, 0.6) is 0 Å². The molecule has 5 nitrogen and oxygen atoms in total. The quantitative estimate of drug-likeness (QED) is 0.857. The zero-order chi connectivity index (χ0) is 13.0. The van der Waals surface area contributed by atoms with E-state index in [-0.39, 0.29) is 0 Å². The largest absolute Gasteiger partial charge is 0.328 e. The molecule has 0 radical (unpaired) electrons. The number of hydrogen-bond acceptors (Lipinski definition) is 4. The molecule has 0 bridgehead atoms. The van der Waals surface area contributed by atoms with Crippen molar-refractivity contribution in [1.29, 1.82) is 0 Å². The van der Waals surface area contributed by atoms with Crippen LogP contribution in [0.25, 0.3) is 0 Å². The zero-order valence-corrected chi connectivity index (χ0v) is 11.5. The predicted molar refractivity (Wildman–Crippen MR) is 71.9 cm³/mol. The Hall–Kier alpha value is -0.940. The molecule has 18 heavy (non-hydrogen) atoms. The maximum Gasteiger partial charge on any atom is 0.146 e. The first-order chi connectivity index (χ1) is 8.70. The average molecular weight is 251 g/mol. The summed E-state index contributed by atoms with van der Waals surface area (Å²) in [5.74, 6) is 1.05. The van der Waals surface area contributed by atoms with Crippen molar-refractivity contribution >= 4 is 0 Å². The second-order valence-electron chi connectivity index (χ2n) is 5.40. The number of aromatic nitrogens is 3. The minimum absolute atomic E-state index is 0.416. The first kappa shape index (κ1) is 13.5. The van der Waals surface area contributed by atoms with Gasteiger partial charge in [-0.15, -0.1) is 10.2 Å². The molecular formula is C13H25N5. The maximum atomic E-state index is 5.99. The van der Waals surface area contributed by atoms with E-state index in [1.54, 1.807) is 6.33 Å². The molecule has 1 saturated carbocycles. The summed E-state index contributed by atoms with van der Waals surface area (Å²) in [5.41, 5.74) is 5.99. The molecule has 0 saturated heterocycles. The summed E-state index contributed by atoms with van der Waals surface area (Å²) < 4.78 is 2.01. The molecule has 0 spiro atoms. The molecule has 0 unspecified atom stereocenters. The number of nitrogens with zero attached hydrogens (tertiary/aromatic N) is 4. The van der Waals surface area contributed by atoms with Crippen LogP contribution in [0.3, 0.4) is 0 Å². The fraction of sp³-hybridized carbons (Fsp3) is 0.846. The predicted octanol–water partition coefficient (Wildman–Crippen LogP) is 1.30. The molecular weight excluding hydrogens is 226 g/mol. The second-order valence-corrected chi connectivity index (χ2v) is 5.40. The lowest BCUT2D eigenvalue weighted by Crippen LogP contribution is -2.41. The maximum absolute atomic E-state index is 5.99. The van der Waals surface area contributed by atoms with Gasteiger partial charge in [0.05, 0.1) is 6.54 Å². The van der Waals surface area contributed by atoms with Crippen LogP contribution >= 0.6 is 0 Å². The molecule has 2 N–H and O–H groups in total. The molecule has 2 rings (SSSR count). The van der Waals surface area contributed by atoms with Gasteiger partial charge in [0.2, 0.25) is 0 Å². The lowest BCUT2D eigenvalue weighted by atomic mass is 9.90. The fourth-order valence-corrected chi connectivity index (χ4v) is 2.78. The van der Waals surface area contributed by atoms with Crippen LogP contribution in [-0.2, 0) is 13.6 Å². The Kier molecular flexibility index (Phi) is 4.72. The summed E-state index contributed by atoms with van der Waals surface area (Å²) in [6.45, 7) is 4.27. The lowest BCUT2D eigenvalue weighted by molar-refractivity contribution is 0.137. The van der Waals surface area contributed by atoms with E-state index < -0.39 is 0 Å². The Morgan fingerprint density at radius 2 is 2.11 bits per heavy atom. The van der Waals surface area contributed by atoms with Crippen LogP contribution < -0.4 is 5.73 Å². The molecule has 1 aliphatic rings.